The molecule has 1 aromatic rings. The highest BCUT2D eigenvalue weighted by atomic mass is 16.2. The van der Waals surface area contributed by atoms with Crippen LogP contribution in [0.5, 0.6) is 0 Å². The van der Waals surface area contributed by atoms with Crippen LogP contribution in [0.15, 0.2) is 23.2 Å². The van der Waals surface area contributed by atoms with E-state index in [1.165, 1.54) is 0 Å². The van der Waals surface area contributed by atoms with Crippen molar-refractivity contribution in [2.24, 2.45) is 4.99 Å². The molecular weight excluding hydrogens is 306 g/mol. The Morgan fingerprint density at radius 2 is 2.08 bits per heavy atom. The van der Waals surface area contributed by atoms with Gasteiger partial charge in [0.15, 0.2) is 5.96 Å². The fraction of sp³-hybridized carbons (Fsp3) is 0.500. The highest BCUT2D eigenvalue weighted by Crippen LogP contribution is 2.14. The molecule has 8 nitrogen and oxygen atoms in total. The van der Waals surface area contributed by atoms with Gasteiger partial charge in [0.25, 0.3) is 0 Å². The average Bonchev–Trinajstić information content (AvgIpc) is 2.62. The zero-order valence-corrected chi connectivity index (χ0v) is 14.4. The molecule has 2 heterocycles. The highest BCUT2D eigenvalue weighted by molar-refractivity contribution is 5.86. The lowest BCUT2D eigenvalue weighted by atomic mass is 10.3. The minimum Gasteiger partial charge on any atom is -0.353 e. The van der Waals surface area contributed by atoms with Crippen molar-refractivity contribution in [3.05, 3.63) is 23.9 Å². The van der Waals surface area contributed by atoms with Crippen LogP contribution in [0.4, 0.5) is 5.82 Å². The van der Waals surface area contributed by atoms with Crippen molar-refractivity contribution >= 4 is 17.7 Å². The van der Waals surface area contributed by atoms with Crippen LogP contribution >= 0.6 is 0 Å². The quantitative estimate of drug-likeness (QED) is 0.607. The number of aromatic nitrogens is 1. The second-order valence-corrected chi connectivity index (χ2v) is 5.66. The molecule has 0 bridgehead atoms. The van der Waals surface area contributed by atoms with Gasteiger partial charge in [0.05, 0.1) is 6.54 Å². The smallest absolute Gasteiger partial charge is 0.241 e. The Morgan fingerprint density at radius 1 is 1.38 bits per heavy atom. The van der Waals surface area contributed by atoms with Crippen LogP contribution < -0.4 is 10.2 Å². The number of nitrogens with zero attached hydrogens (tertiary/aromatic N) is 6. The fourth-order valence-electron chi connectivity index (χ4n) is 2.45. The molecule has 1 aliphatic heterocycles. The minimum atomic E-state index is 0.00676. The van der Waals surface area contributed by atoms with E-state index in [9.17, 15) is 4.79 Å². The number of aliphatic imine (C=N–C) groups is 1. The monoisotopic (exact) mass is 329 g/mol. The van der Waals surface area contributed by atoms with Crippen molar-refractivity contribution < 1.29 is 4.79 Å². The molecule has 2 rings (SSSR count). The molecule has 1 aromatic heterocycles. The van der Waals surface area contributed by atoms with E-state index in [4.69, 9.17) is 5.26 Å². The summed E-state index contributed by atoms with van der Waals surface area (Å²) in [6.07, 6.45) is 0. The van der Waals surface area contributed by atoms with Gasteiger partial charge < -0.3 is 20.0 Å². The molecule has 128 valence electrons. The number of carbonyl (C=O) groups is 1. The van der Waals surface area contributed by atoms with E-state index in [2.05, 4.69) is 31.2 Å². The van der Waals surface area contributed by atoms with E-state index in [0.29, 0.717) is 5.69 Å². The van der Waals surface area contributed by atoms with Gasteiger partial charge in [-0.3, -0.25) is 9.79 Å². The number of hydrogen-bond donors (Lipinski definition) is 1. The first-order chi connectivity index (χ1) is 11.5. The Balaban J connectivity index is 1.91. The Labute approximate surface area is 142 Å². The summed E-state index contributed by atoms with van der Waals surface area (Å²) in [4.78, 5) is 26.1. The number of guanidine groups is 1. The maximum atomic E-state index is 11.7. The topological polar surface area (TPSA) is 87.9 Å². The number of rotatable bonds is 3. The van der Waals surface area contributed by atoms with E-state index >= 15 is 0 Å². The van der Waals surface area contributed by atoms with Gasteiger partial charge in [-0.2, -0.15) is 5.26 Å². The molecule has 0 atom stereocenters. The number of likely N-dealkylation sites (N-methyl/N-ethyl adjacent to an activating group) is 1. The molecule has 0 spiro atoms. The van der Waals surface area contributed by atoms with Crippen LogP contribution in [-0.4, -0.2) is 80.5 Å². The van der Waals surface area contributed by atoms with Gasteiger partial charge in [0.1, 0.15) is 17.6 Å². The zero-order chi connectivity index (χ0) is 17.5. The summed E-state index contributed by atoms with van der Waals surface area (Å²) in [6, 6.07) is 7.53. The van der Waals surface area contributed by atoms with Gasteiger partial charge in [-0.1, -0.05) is 6.07 Å². The van der Waals surface area contributed by atoms with E-state index in [-0.39, 0.29) is 12.5 Å². The van der Waals surface area contributed by atoms with Crippen LogP contribution in [0.3, 0.4) is 0 Å². The third-order valence-corrected chi connectivity index (χ3v) is 3.86. The van der Waals surface area contributed by atoms with E-state index in [1.807, 2.05) is 12.1 Å². The normalized spacial score (nSPS) is 15.0. The summed E-state index contributed by atoms with van der Waals surface area (Å²) in [5, 5.41) is 12.1. The molecule has 8 heteroatoms. The molecule has 1 fully saturated rings. The Hall–Kier alpha value is -2.82. The Bertz CT molecular complexity index is 642. The first-order valence-corrected chi connectivity index (χ1v) is 7.83. The summed E-state index contributed by atoms with van der Waals surface area (Å²) < 4.78 is 0. The van der Waals surface area contributed by atoms with Gasteiger partial charge in [-0.25, -0.2) is 4.98 Å². The van der Waals surface area contributed by atoms with Gasteiger partial charge in [0, 0.05) is 47.3 Å². The van der Waals surface area contributed by atoms with Crippen molar-refractivity contribution in [2.75, 3.05) is 58.8 Å². The second kappa shape index (κ2) is 8.15. The summed E-state index contributed by atoms with van der Waals surface area (Å²) >= 11 is 0. The van der Waals surface area contributed by atoms with Crippen LogP contribution in [0, 0.1) is 11.3 Å². The summed E-state index contributed by atoms with van der Waals surface area (Å²) in [5.74, 6) is 1.55. The van der Waals surface area contributed by atoms with Gasteiger partial charge in [0.2, 0.25) is 5.91 Å². The van der Waals surface area contributed by atoms with E-state index < -0.39 is 0 Å². The third kappa shape index (κ3) is 4.35. The predicted molar refractivity (Wildman–Crippen MR) is 92.8 cm³/mol. The summed E-state index contributed by atoms with van der Waals surface area (Å²) in [5.41, 5.74) is 0.426. The predicted octanol–water partition coefficient (Wildman–Crippen LogP) is -0.261. The molecule has 1 N–H and O–H groups in total. The van der Waals surface area contributed by atoms with Crippen molar-refractivity contribution in [1.29, 1.82) is 5.26 Å². The molecule has 0 aliphatic carbocycles. The molecule has 1 amide bonds. The number of piperazine rings is 1. The summed E-state index contributed by atoms with van der Waals surface area (Å²) in [7, 11) is 5.18. The molecule has 0 aromatic carbocycles. The average molecular weight is 329 g/mol. The van der Waals surface area contributed by atoms with Crippen molar-refractivity contribution in [3.8, 4) is 6.07 Å². The lowest BCUT2D eigenvalue weighted by Gasteiger charge is -2.37. The lowest BCUT2D eigenvalue weighted by Crippen LogP contribution is -2.53. The number of amides is 1. The molecule has 0 radical (unpaired) electrons. The number of nitrogens with one attached hydrogen (secondary N) is 1. The standard InChI is InChI=1S/C16H23N7O/c1-18-16(19-12-15(24)21(2)3)23-9-7-22(8-10-23)14-6-4-5-13(11-17)20-14/h4-6H,7-10,12H2,1-3H3,(H,18,19). The first-order valence-electron chi connectivity index (χ1n) is 7.83. The van der Waals surface area contributed by atoms with Crippen LogP contribution in [-0.2, 0) is 4.79 Å². The van der Waals surface area contributed by atoms with Crippen molar-refractivity contribution in [3.63, 3.8) is 0 Å². The Kier molecular flexibility index (Phi) is 5.95. The molecule has 1 saturated heterocycles. The molecule has 1 aliphatic rings. The van der Waals surface area contributed by atoms with Gasteiger partial charge in [-0.15, -0.1) is 0 Å². The fourth-order valence-corrected chi connectivity index (χ4v) is 2.45. The summed E-state index contributed by atoms with van der Waals surface area (Å²) in [6.45, 7) is 3.34. The number of anilines is 1. The molecule has 0 unspecified atom stereocenters. The van der Waals surface area contributed by atoms with Crippen molar-refractivity contribution in [2.45, 2.75) is 0 Å². The maximum absolute atomic E-state index is 11.7. The first kappa shape index (κ1) is 17.5. The van der Waals surface area contributed by atoms with Crippen LogP contribution in [0.2, 0.25) is 0 Å². The van der Waals surface area contributed by atoms with E-state index in [1.54, 1.807) is 32.1 Å². The third-order valence-electron chi connectivity index (χ3n) is 3.86. The Morgan fingerprint density at radius 3 is 2.67 bits per heavy atom. The molecule has 0 saturated carbocycles. The number of hydrogen-bond acceptors (Lipinski definition) is 5. The highest BCUT2D eigenvalue weighted by Gasteiger charge is 2.21. The number of carbonyl (C=O) groups excluding carboxylic acids is 1. The van der Waals surface area contributed by atoms with Gasteiger partial charge in [-0.05, 0) is 12.1 Å². The van der Waals surface area contributed by atoms with Crippen molar-refractivity contribution in [1.82, 2.24) is 20.1 Å². The lowest BCUT2D eigenvalue weighted by molar-refractivity contribution is -0.127. The van der Waals surface area contributed by atoms with Crippen LogP contribution in [0.25, 0.3) is 0 Å². The van der Waals surface area contributed by atoms with Gasteiger partial charge >= 0.3 is 0 Å². The number of nitriles is 1. The second-order valence-electron chi connectivity index (χ2n) is 5.66. The SMILES string of the molecule is CN=C(NCC(=O)N(C)C)N1CCN(c2cccc(C#N)n2)CC1. The zero-order valence-electron chi connectivity index (χ0n) is 14.4. The van der Waals surface area contributed by atoms with E-state index in [0.717, 1.165) is 38.0 Å². The number of pyridine rings is 1. The maximum Gasteiger partial charge on any atom is 0.241 e. The van der Waals surface area contributed by atoms with Crippen LogP contribution in [0.1, 0.15) is 5.69 Å². The minimum absolute atomic E-state index is 0.00676. The largest absolute Gasteiger partial charge is 0.353 e. The molecular formula is C16H23N7O. The molecule has 24 heavy (non-hydrogen) atoms.